The number of sulfone groups is 1. The van der Waals surface area contributed by atoms with Gasteiger partial charge in [0.25, 0.3) is 0 Å². The zero-order valence-corrected chi connectivity index (χ0v) is 17.7. The van der Waals surface area contributed by atoms with Crippen molar-refractivity contribution >= 4 is 32.8 Å². The van der Waals surface area contributed by atoms with E-state index in [1.165, 1.54) is 11.3 Å². The van der Waals surface area contributed by atoms with Crippen molar-refractivity contribution in [2.24, 2.45) is 0 Å². The summed E-state index contributed by atoms with van der Waals surface area (Å²) in [5, 5.41) is 5.03. The van der Waals surface area contributed by atoms with Crippen LogP contribution in [-0.4, -0.2) is 24.6 Å². The molecule has 0 unspecified atom stereocenters. The molecule has 0 bridgehead atoms. The molecule has 0 saturated heterocycles. The van der Waals surface area contributed by atoms with Crippen LogP contribution in [0.15, 0.2) is 51.1 Å². The number of furan rings is 1. The Balaban J connectivity index is 1.43. The lowest BCUT2D eigenvalue weighted by Gasteiger charge is -2.12. The number of hydrogen-bond donors (Lipinski definition) is 1. The number of carbonyl (C=O) groups is 1. The number of nitrogens with zero attached hydrogens (tertiary/aromatic N) is 1. The second-order valence-electron chi connectivity index (χ2n) is 7.26. The van der Waals surface area contributed by atoms with Gasteiger partial charge in [-0.15, -0.1) is 11.3 Å². The standard InChI is InChI=1S/C21H22N2O4S2/c1-14-9-10-19(27-14)21-23-16(13-28-21)12-20(24)22-15-5-4-8-18(11-15)29(25,26)17-6-2-3-7-17/h4-5,8-11,13,17H,2-3,6-7,12H2,1H3,(H,22,24). The Morgan fingerprint density at radius 1 is 1.24 bits per heavy atom. The van der Waals surface area contributed by atoms with E-state index in [1.54, 1.807) is 24.3 Å². The number of aryl methyl sites for hydroxylation is 1. The van der Waals surface area contributed by atoms with Crippen LogP contribution >= 0.6 is 11.3 Å². The molecule has 0 aliphatic heterocycles. The molecule has 4 rings (SSSR count). The van der Waals surface area contributed by atoms with Gasteiger partial charge in [-0.1, -0.05) is 18.9 Å². The maximum atomic E-state index is 12.8. The smallest absolute Gasteiger partial charge is 0.230 e. The Labute approximate surface area is 173 Å². The van der Waals surface area contributed by atoms with E-state index >= 15 is 0 Å². The summed E-state index contributed by atoms with van der Waals surface area (Å²) in [7, 11) is -3.35. The van der Waals surface area contributed by atoms with Crippen molar-refractivity contribution in [1.29, 1.82) is 0 Å². The van der Waals surface area contributed by atoms with Crippen molar-refractivity contribution in [1.82, 2.24) is 4.98 Å². The monoisotopic (exact) mass is 430 g/mol. The lowest BCUT2D eigenvalue weighted by molar-refractivity contribution is -0.115. The summed E-state index contributed by atoms with van der Waals surface area (Å²) in [5.74, 6) is 1.25. The Hall–Kier alpha value is -2.45. The first-order chi connectivity index (χ1) is 13.9. The molecule has 2 heterocycles. The number of nitrogens with one attached hydrogen (secondary N) is 1. The normalized spacial score (nSPS) is 14.9. The molecule has 3 aromatic rings. The van der Waals surface area contributed by atoms with E-state index in [0.29, 0.717) is 30.0 Å². The lowest BCUT2D eigenvalue weighted by Crippen LogP contribution is -2.19. The molecule has 1 aromatic carbocycles. The van der Waals surface area contributed by atoms with Crippen LogP contribution in [0.25, 0.3) is 10.8 Å². The third-order valence-corrected chi connectivity index (χ3v) is 8.20. The fourth-order valence-corrected chi connectivity index (χ4v) is 6.24. The Bertz CT molecular complexity index is 1130. The molecular formula is C21H22N2O4S2. The van der Waals surface area contributed by atoms with Crippen LogP contribution in [0.4, 0.5) is 5.69 Å². The van der Waals surface area contributed by atoms with Crippen LogP contribution in [0.3, 0.4) is 0 Å². The van der Waals surface area contributed by atoms with Gasteiger partial charge in [-0.05, 0) is 50.1 Å². The highest BCUT2D eigenvalue weighted by atomic mass is 32.2. The number of carbonyl (C=O) groups excluding carboxylic acids is 1. The highest BCUT2D eigenvalue weighted by Gasteiger charge is 2.30. The summed E-state index contributed by atoms with van der Waals surface area (Å²) in [5.41, 5.74) is 1.12. The van der Waals surface area contributed by atoms with Crippen LogP contribution in [0, 0.1) is 6.92 Å². The minimum Gasteiger partial charge on any atom is -0.459 e. The summed E-state index contributed by atoms with van der Waals surface area (Å²) in [4.78, 5) is 17.2. The van der Waals surface area contributed by atoms with E-state index in [9.17, 15) is 13.2 Å². The molecule has 1 aliphatic rings. The van der Waals surface area contributed by atoms with Gasteiger partial charge in [0.05, 0.1) is 22.3 Å². The average molecular weight is 431 g/mol. The molecule has 8 heteroatoms. The number of rotatable bonds is 6. The Kier molecular flexibility index (Phi) is 5.56. The molecule has 0 radical (unpaired) electrons. The minimum absolute atomic E-state index is 0.107. The molecule has 1 aliphatic carbocycles. The van der Waals surface area contributed by atoms with Crippen LogP contribution in [0.2, 0.25) is 0 Å². The molecule has 6 nitrogen and oxygen atoms in total. The molecule has 1 N–H and O–H groups in total. The molecule has 1 saturated carbocycles. The molecule has 152 valence electrons. The average Bonchev–Trinajstić information content (AvgIpc) is 3.43. The van der Waals surface area contributed by atoms with Crippen LogP contribution < -0.4 is 5.32 Å². The zero-order chi connectivity index (χ0) is 20.4. The van der Waals surface area contributed by atoms with Crippen molar-refractivity contribution in [2.75, 3.05) is 5.32 Å². The molecule has 1 amide bonds. The first kappa shape index (κ1) is 19.8. The second kappa shape index (κ2) is 8.12. The predicted molar refractivity (Wildman–Crippen MR) is 113 cm³/mol. The molecule has 0 spiro atoms. The van der Waals surface area contributed by atoms with E-state index < -0.39 is 9.84 Å². The third kappa shape index (κ3) is 4.43. The van der Waals surface area contributed by atoms with Crippen molar-refractivity contribution in [2.45, 2.75) is 49.2 Å². The first-order valence-electron chi connectivity index (χ1n) is 9.57. The zero-order valence-electron chi connectivity index (χ0n) is 16.1. The number of amides is 1. The van der Waals surface area contributed by atoms with Crippen LogP contribution in [0.1, 0.15) is 37.1 Å². The number of anilines is 1. The van der Waals surface area contributed by atoms with Crippen molar-refractivity contribution in [3.8, 4) is 10.8 Å². The van der Waals surface area contributed by atoms with Crippen molar-refractivity contribution < 1.29 is 17.6 Å². The lowest BCUT2D eigenvalue weighted by atomic mass is 10.3. The Morgan fingerprint density at radius 3 is 2.76 bits per heavy atom. The van der Waals surface area contributed by atoms with Gasteiger partial charge >= 0.3 is 0 Å². The van der Waals surface area contributed by atoms with Gasteiger partial charge in [0.15, 0.2) is 20.6 Å². The van der Waals surface area contributed by atoms with Crippen LogP contribution in [0.5, 0.6) is 0 Å². The van der Waals surface area contributed by atoms with Gasteiger partial charge in [-0.25, -0.2) is 13.4 Å². The summed E-state index contributed by atoms with van der Waals surface area (Å²) in [6.45, 7) is 1.87. The minimum atomic E-state index is -3.35. The van der Waals surface area contributed by atoms with Crippen molar-refractivity contribution in [3.63, 3.8) is 0 Å². The summed E-state index contributed by atoms with van der Waals surface area (Å²) >= 11 is 1.42. The van der Waals surface area contributed by atoms with E-state index in [-0.39, 0.29) is 22.5 Å². The van der Waals surface area contributed by atoms with Gasteiger partial charge in [0.1, 0.15) is 5.76 Å². The SMILES string of the molecule is Cc1ccc(-c2nc(CC(=O)Nc3cccc(S(=O)(=O)C4CCCC4)c3)cs2)o1. The van der Waals surface area contributed by atoms with Gasteiger partial charge in [-0.2, -0.15) is 0 Å². The largest absolute Gasteiger partial charge is 0.459 e. The predicted octanol–water partition coefficient (Wildman–Crippen LogP) is 4.61. The van der Waals surface area contributed by atoms with E-state index in [1.807, 2.05) is 24.4 Å². The van der Waals surface area contributed by atoms with Gasteiger partial charge in [0.2, 0.25) is 5.91 Å². The van der Waals surface area contributed by atoms with Gasteiger partial charge < -0.3 is 9.73 Å². The summed E-state index contributed by atoms with van der Waals surface area (Å²) < 4.78 is 31.1. The molecule has 1 fully saturated rings. The first-order valence-corrected chi connectivity index (χ1v) is 12.0. The topological polar surface area (TPSA) is 89.3 Å². The molecule has 2 aromatic heterocycles. The van der Waals surface area contributed by atoms with Crippen LogP contribution in [-0.2, 0) is 21.1 Å². The van der Waals surface area contributed by atoms with Crippen molar-refractivity contribution in [3.05, 3.63) is 53.2 Å². The molecule has 29 heavy (non-hydrogen) atoms. The quantitative estimate of drug-likeness (QED) is 0.617. The maximum Gasteiger partial charge on any atom is 0.230 e. The highest BCUT2D eigenvalue weighted by molar-refractivity contribution is 7.92. The van der Waals surface area contributed by atoms with E-state index in [0.717, 1.165) is 23.6 Å². The molecular weight excluding hydrogens is 408 g/mol. The summed E-state index contributed by atoms with van der Waals surface area (Å²) in [6, 6.07) is 10.2. The third-order valence-electron chi connectivity index (χ3n) is 5.03. The number of aromatic nitrogens is 1. The highest BCUT2D eigenvalue weighted by Crippen LogP contribution is 2.30. The fraction of sp³-hybridized carbons (Fsp3) is 0.333. The fourth-order valence-electron chi connectivity index (χ4n) is 3.56. The van der Waals surface area contributed by atoms with E-state index in [2.05, 4.69) is 10.3 Å². The van der Waals surface area contributed by atoms with Gasteiger partial charge in [0, 0.05) is 11.1 Å². The number of benzene rings is 1. The molecule has 0 atom stereocenters. The Morgan fingerprint density at radius 2 is 2.03 bits per heavy atom. The van der Waals surface area contributed by atoms with E-state index in [4.69, 9.17) is 4.42 Å². The summed E-state index contributed by atoms with van der Waals surface area (Å²) in [6.07, 6.45) is 3.43. The number of thiazole rings is 1. The second-order valence-corrected chi connectivity index (χ2v) is 10.3. The number of hydrogen-bond acceptors (Lipinski definition) is 6. The van der Waals surface area contributed by atoms with Gasteiger partial charge in [-0.3, -0.25) is 4.79 Å². The maximum absolute atomic E-state index is 12.8.